The van der Waals surface area contributed by atoms with Crippen molar-refractivity contribution in [1.29, 1.82) is 0 Å². The second kappa shape index (κ2) is 9.46. The summed E-state index contributed by atoms with van der Waals surface area (Å²) in [7, 11) is -2.60. The molecule has 0 bridgehead atoms. The molecule has 1 heterocycles. The summed E-state index contributed by atoms with van der Waals surface area (Å²) in [6, 6.07) is 21.2. The van der Waals surface area contributed by atoms with Crippen LogP contribution in [0.1, 0.15) is 47.5 Å². The highest BCUT2D eigenvalue weighted by atomic mass is 28.4. The van der Waals surface area contributed by atoms with Crippen molar-refractivity contribution in [2.24, 2.45) is 5.92 Å². The fraction of sp³-hybridized carbons (Fsp3) is 0.480. The molecule has 0 unspecified atom stereocenters. The minimum absolute atomic E-state index is 0.0781. The minimum Gasteiger partial charge on any atom is -0.436 e. The third-order valence-electron chi connectivity index (χ3n) is 6.05. The number of esters is 1. The van der Waals surface area contributed by atoms with Crippen molar-refractivity contribution >= 4 is 24.7 Å². The van der Waals surface area contributed by atoms with Crippen LogP contribution in [0.25, 0.3) is 0 Å². The van der Waals surface area contributed by atoms with E-state index in [0.29, 0.717) is 12.5 Å². The van der Waals surface area contributed by atoms with E-state index >= 15 is 0 Å². The van der Waals surface area contributed by atoms with Crippen LogP contribution in [-0.4, -0.2) is 33.3 Å². The first-order valence-corrected chi connectivity index (χ1v) is 12.8. The lowest BCUT2D eigenvalue weighted by molar-refractivity contribution is -0.174. The number of carbonyl (C=O) groups excluding carboxylic acids is 1. The molecule has 3 rings (SSSR count). The van der Waals surface area contributed by atoms with Gasteiger partial charge >= 0.3 is 5.97 Å². The summed E-state index contributed by atoms with van der Waals surface area (Å²) in [4.78, 5) is 11.4. The summed E-state index contributed by atoms with van der Waals surface area (Å²) in [5.41, 5.74) is 0. The predicted molar refractivity (Wildman–Crippen MR) is 122 cm³/mol. The van der Waals surface area contributed by atoms with Crippen LogP contribution in [0.2, 0.25) is 5.04 Å². The molecule has 5 heteroatoms. The largest absolute Gasteiger partial charge is 0.436 e. The summed E-state index contributed by atoms with van der Waals surface area (Å²) in [6.45, 7) is 10.9. The SMILES string of the molecule is CC[C@H]1C[C@H](OC(C)=O)O[C@@H]1CO[Si](c1ccccc1)(c1ccccc1)C(C)(C)C. The molecule has 30 heavy (non-hydrogen) atoms. The summed E-state index contributed by atoms with van der Waals surface area (Å²) >= 11 is 0. The quantitative estimate of drug-likeness (QED) is 0.490. The van der Waals surface area contributed by atoms with Gasteiger partial charge in [0, 0.05) is 13.3 Å². The molecule has 0 amide bonds. The number of ether oxygens (including phenoxy) is 2. The average molecular weight is 427 g/mol. The van der Waals surface area contributed by atoms with Crippen LogP contribution in [0.15, 0.2) is 60.7 Å². The maximum absolute atomic E-state index is 11.4. The Hall–Kier alpha value is -1.95. The molecule has 0 aliphatic carbocycles. The van der Waals surface area contributed by atoms with Crippen molar-refractivity contribution < 1.29 is 18.7 Å². The predicted octanol–water partition coefficient (Wildman–Crippen LogP) is 4.27. The zero-order valence-electron chi connectivity index (χ0n) is 18.8. The van der Waals surface area contributed by atoms with Crippen molar-refractivity contribution in [3.05, 3.63) is 60.7 Å². The van der Waals surface area contributed by atoms with Crippen LogP contribution in [0.5, 0.6) is 0 Å². The Kier molecular flexibility index (Phi) is 7.16. The average Bonchev–Trinajstić information content (AvgIpc) is 3.10. The molecule has 162 valence electrons. The van der Waals surface area contributed by atoms with Crippen LogP contribution in [0.4, 0.5) is 0 Å². The Morgan fingerprint density at radius 3 is 2.00 bits per heavy atom. The lowest BCUT2D eigenvalue weighted by Gasteiger charge is -2.43. The second-order valence-corrected chi connectivity index (χ2v) is 13.4. The third-order valence-corrected chi connectivity index (χ3v) is 11.1. The van der Waals surface area contributed by atoms with Gasteiger partial charge in [0.05, 0.1) is 12.7 Å². The summed E-state index contributed by atoms with van der Waals surface area (Å²) in [5, 5.41) is 2.43. The number of rotatable bonds is 7. The van der Waals surface area contributed by atoms with E-state index in [9.17, 15) is 4.79 Å². The molecule has 0 saturated carbocycles. The zero-order valence-corrected chi connectivity index (χ0v) is 19.8. The smallest absolute Gasteiger partial charge is 0.304 e. The standard InChI is InChI=1S/C25H34O4Si/c1-6-20-17-24(28-19(2)26)29-23(20)18-27-30(25(3,4)5,21-13-9-7-10-14-21)22-15-11-8-12-16-22/h7-16,20,23-24H,6,17-18H2,1-5H3/t20-,23+,24+/m0/s1. The first-order chi connectivity index (χ1) is 14.3. The van der Waals surface area contributed by atoms with E-state index in [2.05, 4.69) is 76.2 Å². The van der Waals surface area contributed by atoms with Crippen molar-refractivity contribution in [2.75, 3.05) is 6.61 Å². The highest BCUT2D eigenvalue weighted by Crippen LogP contribution is 2.38. The van der Waals surface area contributed by atoms with E-state index in [0.717, 1.165) is 12.8 Å². The highest BCUT2D eigenvalue weighted by Gasteiger charge is 2.51. The second-order valence-electron chi connectivity index (χ2n) is 9.09. The first kappa shape index (κ1) is 22.7. The number of hydrogen-bond donors (Lipinski definition) is 0. The highest BCUT2D eigenvalue weighted by molar-refractivity contribution is 6.99. The van der Waals surface area contributed by atoms with E-state index in [-0.39, 0.29) is 17.1 Å². The van der Waals surface area contributed by atoms with Crippen LogP contribution in [-0.2, 0) is 18.7 Å². The fourth-order valence-electron chi connectivity index (χ4n) is 4.60. The maximum atomic E-state index is 11.4. The molecule has 3 atom stereocenters. The number of hydrogen-bond acceptors (Lipinski definition) is 4. The Morgan fingerprint density at radius 1 is 1.03 bits per heavy atom. The number of benzene rings is 2. The van der Waals surface area contributed by atoms with Gasteiger partial charge in [-0.05, 0) is 21.3 Å². The van der Waals surface area contributed by atoms with Crippen molar-refractivity contribution in [3.8, 4) is 0 Å². The molecule has 1 aliphatic rings. The van der Waals surface area contributed by atoms with E-state index in [1.807, 2.05) is 12.1 Å². The van der Waals surface area contributed by atoms with Gasteiger partial charge in [-0.25, -0.2) is 0 Å². The normalized spacial score (nSPS) is 22.1. The van der Waals surface area contributed by atoms with Crippen molar-refractivity contribution in [3.63, 3.8) is 0 Å². The Balaban J connectivity index is 1.95. The summed E-state index contributed by atoms with van der Waals surface area (Å²) < 4.78 is 18.5. The van der Waals surface area contributed by atoms with Gasteiger partial charge in [0.1, 0.15) is 0 Å². The fourth-order valence-corrected chi connectivity index (χ4v) is 9.16. The zero-order chi connectivity index (χ0) is 21.8. The molecular weight excluding hydrogens is 392 g/mol. The molecular formula is C25H34O4Si. The van der Waals surface area contributed by atoms with E-state index < -0.39 is 14.6 Å². The molecule has 2 aromatic rings. The first-order valence-electron chi connectivity index (χ1n) is 10.9. The topological polar surface area (TPSA) is 44.8 Å². The Bertz CT molecular complexity index is 777. The van der Waals surface area contributed by atoms with Gasteiger partial charge < -0.3 is 13.9 Å². The lowest BCUT2D eigenvalue weighted by atomic mass is 9.99. The van der Waals surface area contributed by atoms with E-state index in [1.54, 1.807) is 0 Å². The summed E-state index contributed by atoms with van der Waals surface area (Å²) in [5.74, 6) is 0.0102. The molecule has 0 spiro atoms. The minimum atomic E-state index is -2.60. The molecule has 2 aromatic carbocycles. The van der Waals surface area contributed by atoms with Crippen LogP contribution < -0.4 is 10.4 Å². The van der Waals surface area contributed by atoms with Crippen LogP contribution in [0, 0.1) is 5.92 Å². The van der Waals surface area contributed by atoms with Gasteiger partial charge in [0.25, 0.3) is 8.32 Å². The van der Waals surface area contributed by atoms with Gasteiger partial charge in [-0.2, -0.15) is 0 Å². The summed E-state index contributed by atoms with van der Waals surface area (Å²) in [6.07, 6.45) is 1.14. The molecule has 1 aliphatic heterocycles. The van der Waals surface area contributed by atoms with Gasteiger partial charge in [-0.15, -0.1) is 0 Å². The van der Waals surface area contributed by atoms with Crippen molar-refractivity contribution in [2.45, 2.75) is 64.9 Å². The van der Waals surface area contributed by atoms with Crippen molar-refractivity contribution in [1.82, 2.24) is 0 Å². The van der Waals surface area contributed by atoms with Gasteiger partial charge in [0.15, 0.2) is 0 Å². The van der Waals surface area contributed by atoms with Gasteiger partial charge in [-0.1, -0.05) is 94.8 Å². The molecule has 1 saturated heterocycles. The molecule has 0 radical (unpaired) electrons. The Morgan fingerprint density at radius 2 is 1.57 bits per heavy atom. The molecule has 0 aromatic heterocycles. The van der Waals surface area contributed by atoms with Gasteiger partial charge in [-0.3, -0.25) is 4.79 Å². The lowest BCUT2D eigenvalue weighted by Crippen LogP contribution is -2.67. The Labute approximate surface area is 181 Å². The van der Waals surface area contributed by atoms with E-state index in [1.165, 1.54) is 17.3 Å². The van der Waals surface area contributed by atoms with E-state index in [4.69, 9.17) is 13.9 Å². The van der Waals surface area contributed by atoms with Crippen LogP contribution >= 0.6 is 0 Å². The molecule has 4 nitrogen and oxygen atoms in total. The van der Waals surface area contributed by atoms with Gasteiger partial charge in [0.2, 0.25) is 6.29 Å². The van der Waals surface area contributed by atoms with Crippen LogP contribution in [0.3, 0.4) is 0 Å². The third kappa shape index (κ3) is 4.69. The molecule has 1 fully saturated rings. The monoisotopic (exact) mass is 426 g/mol. The molecule has 0 N–H and O–H groups in total. The maximum Gasteiger partial charge on any atom is 0.304 e. The number of carbonyl (C=O) groups is 1.